The van der Waals surface area contributed by atoms with Crippen LogP contribution in [-0.2, 0) is 6.54 Å². The summed E-state index contributed by atoms with van der Waals surface area (Å²) in [7, 11) is 0. The van der Waals surface area contributed by atoms with Crippen molar-refractivity contribution in [2.24, 2.45) is 5.73 Å². The number of thiazole rings is 1. The summed E-state index contributed by atoms with van der Waals surface area (Å²) in [5.41, 5.74) is 8.26. The molecule has 0 aliphatic carbocycles. The molecule has 1 unspecified atom stereocenters. The summed E-state index contributed by atoms with van der Waals surface area (Å²) in [6.07, 6.45) is 1.01. The first-order valence-corrected chi connectivity index (χ1v) is 8.35. The number of nitrogens with zero attached hydrogens (tertiary/aromatic N) is 2. The van der Waals surface area contributed by atoms with Crippen LogP contribution in [-0.4, -0.2) is 23.0 Å². The van der Waals surface area contributed by atoms with Gasteiger partial charge in [0, 0.05) is 18.0 Å². The number of nitrogens with two attached hydrogens (primary N) is 1. The molecule has 21 heavy (non-hydrogen) atoms. The zero-order valence-corrected chi connectivity index (χ0v) is 14.0. The van der Waals surface area contributed by atoms with E-state index in [-0.39, 0.29) is 0 Å². The Labute approximate surface area is 131 Å². The molecule has 0 amide bonds. The van der Waals surface area contributed by atoms with Crippen LogP contribution in [0.4, 0.5) is 0 Å². The predicted octanol–water partition coefficient (Wildman–Crippen LogP) is 3.67. The molecule has 1 aromatic heterocycles. The van der Waals surface area contributed by atoms with Gasteiger partial charge < -0.3 is 5.73 Å². The third-order valence-corrected chi connectivity index (χ3v) is 4.66. The van der Waals surface area contributed by atoms with Crippen LogP contribution in [0.1, 0.15) is 40.5 Å². The highest BCUT2D eigenvalue weighted by molar-refractivity contribution is 7.11. The Bertz CT molecular complexity index is 550. The molecule has 114 valence electrons. The van der Waals surface area contributed by atoms with Gasteiger partial charge in [-0.15, -0.1) is 11.3 Å². The first kappa shape index (κ1) is 16.1. The van der Waals surface area contributed by atoms with Crippen LogP contribution in [0, 0.1) is 13.8 Å². The van der Waals surface area contributed by atoms with E-state index in [9.17, 15) is 0 Å². The van der Waals surface area contributed by atoms with E-state index >= 15 is 0 Å². The van der Waals surface area contributed by atoms with Crippen molar-refractivity contribution in [1.82, 2.24) is 9.88 Å². The van der Waals surface area contributed by atoms with Gasteiger partial charge >= 0.3 is 0 Å². The summed E-state index contributed by atoms with van der Waals surface area (Å²) in [6.45, 7) is 9.17. The lowest BCUT2D eigenvalue weighted by Gasteiger charge is -2.28. The van der Waals surface area contributed by atoms with Gasteiger partial charge in [-0.3, -0.25) is 4.90 Å². The third kappa shape index (κ3) is 4.37. The van der Waals surface area contributed by atoms with Crippen molar-refractivity contribution in [2.45, 2.75) is 39.8 Å². The Morgan fingerprint density at radius 1 is 1.24 bits per heavy atom. The monoisotopic (exact) mass is 303 g/mol. The molecule has 4 heteroatoms. The summed E-state index contributed by atoms with van der Waals surface area (Å²) >= 11 is 1.78. The SMILES string of the molecule is Cc1nc(C(C)N(CCCN)Cc2ccccc2)c(C)s1. The van der Waals surface area contributed by atoms with Gasteiger partial charge in [0.2, 0.25) is 0 Å². The highest BCUT2D eigenvalue weighted by Gasteiger charge is 2.20. The summed E-state index contributed by atoms with van der Waals surface area (Å²) in [5.74, 6) is 0. The van der Waals surface area contributed by atoms with E-state index in [1.54, 1.807) is 11.3 Å². The second-order valence-electron chi connectivity index (χ2n) is 5.45. The molecule has 1 atom stereocenters. The van der Waals surface area contributed by atoms with Crippen molar-refractivity contribution in [3.63, 3.8) is 0 Å². The molecule has 1 heterocycles. The zero-order valence-electron chi connectivity index (χ0n) is 13.2. The number of aryl methyl sites for hydroxylation is 2. The Morgan fingerprint density at radius 2 is 1.95 bits per heavy atom. The maximum Gasteiger partial charge on any atom is 0.0900 e. The van der Waals surface area contributed by atoms with Gasteiger partial charge in [-0.1, -0.05) is 30.3 Å². The minimum Gasteiger partial charge on any atom is -0.330 e. The fourth-order valence-electron chi connectivity index (χ4n) is 2.63. The third-order valence-electron chi connectivity index (χ3n) is 3.76. The van der Waals surface area contributed by atoms with Gasteiger partial charge in [0.25, 0.3) is 0 Å². The van der Waals surface area contributed by atoms with Gasteiger partial charge in [-0.05, 0) is 39.3 Å². The van der Waals surface area contributed by atoms with Crippen LogP contribution in [0.15, 0.2) is 30.3 Å². The fourth-order valence-corrected chi connectivity index (χ4v) is 3.54. The smallest absolute Gasteiger partial charge is 0.0900 e. The molecular formula is C17H25N3S. The average Bonchev–Trinajstić information content (AvgIpc) is 2.82. The number of hydrogen-bond acceptors (Lipinski definition) is 4. The number of hydrogen-bond donors (Lipinski definition) is 1. The molecule has 2 rings (SSSR count). The first-order valence-electron chi connectivity index (χ1n) is 7.53. The lowest BCUT2D eigenvalue weighted by atomic mass is 10.1. The van der Waals surface area contributed by atoms with Gasteiger partial charge in [-0.25, -0.2) is 4.98 Å². The van der Waals surface area contributed by atoms with E-state index in [0.29, 0.717) is 6.04 Å². The highest BCUT2D eigenvalue weighted by atomic mass is 32.1. The van der Waals surface area contributed by atoms with Crippen LogP contribution in [0.25, 0.3) is 0 Å². The van der Waals surface area contributed by atoms with Crippen molar-refractivity contribution >= 4 is 11.3 Å². The van der Waals surface area contributed by atoms with E-state index in [1.165, 1.54) is 16.1 Å². The van der Waals surface area contributed by atoms with Gasteiger partial charge in [0.05, 0.1) is 16.7 Å². The van der Waals surface area contributed by atoms with Gasteiger partial charge in [-0.2, -0.15) is 0 Å². The minimum absolute atomic E-state index is 0.321. The lowest BCUT2D eigenvalue weighted by Crippen LogP contribution is -2.29. The fraction of sp³-hybridized carbons (Fsp3) is 0.471. The summed E-state index contributed by atoms with van der Waals surface area (Å²) in [6, 6.07) is 10.9. The van der Waals surface area contributed by atoms with Crippen molar-refractivity contribution in [3.05, 3.63) is 51.5 Å². The number of aromatic nitrogens is 1. The topological polar surface area (TPSA) is 42.2 Å². The lowest BCUT2D eigenvalue weighted by molar-refractivity contribution is 0.196. The quantitative estimate of drug-likeness (QED) is 0.848. The molecule has 0 aliphatic rings. The van der Waals surface area contributed by atoms with Crippen LogP contribution in [0.5, 0.6) is 0 Å². The molecule has 0 bridgehead atoms. The maximum absolute atomic E-state index is 5.70. The van der Waals surface area contributed by atoms with E-state index < -0.39 is 0 Å². The van der Waals surface area contributed by atoms with Gasteiger partial charge in [0.15, 0.2) is 0 Å². The standard InChI is InChI=1S/C17H25N3S/c1-13(17-14(2)21-15(3)19-17)20(11-7-10-18)12-16-8-5-4-6-9-16/h4-6,8-9,13H,7,10-12,18H2,1-3H3. The normalized spacial score (nSPS) is 12.8. The second kappa shape index (κ2) is 7.69. The predicted molar refractivity (Wildman–Crippen MR) is 90.5 cm³/mol. The largest absolute Gasteiger partial charge is 0.330 e. The van der Waals surface area contributed by atoms with Crippen LogP contribution < -0.4 is 5.73 Å². The first-order chi connectivity index (χ1) is 10.1. The van der Waals surface area contributed by atoms with Crippen LogP contribution >= 0.6 is 11.3 Å². The minimum atomic E-state index is 0.321. The summed E-state index contributed by atoms with van der Waals surface area (Å²) in [4.78, 5) is 8.53. The van der Waals surface area contributed by atoms with Crippen LogP contribution in [0.2, 0.25) is 0 Å². The van der Waals surface area contributed by atoms with E-state index in [0.717, 1.165) is 31.1 Å². The highest BCUT2D eigenvalue weighted by Crippen LogP contribution is 2.28. The summed E-state index contributed by atoms with van der Waals surface area (Å²) in [5, 5.41) is 1.15. The Balaban J connectivity index is 2.16. The molecular weight excluding hydrogens is 278 g/mol. The molecule has 0 saturated carbocycles. The molecule has 0 fully saturated rings. The van der Waals surface area contributed by atoms with Crippen molar-refractivity contribution in [1.29, 1.82) is 0 Å². The van der Waals surface area contributed by atoms with Crippen molar-refractivity contribution in [2.75, 3.05) is 13.1 Å². The average molecular weight is 303 g/mol. The molecule has 3 nitrogen and oxygen atoms in total. The van der Waals surface area contributed by atoms with Crippen molar-refractivity contribution < 1.29 is 0 Å². The molecule has 0 saturated heterocycles. The molecule has 0 radical (unpaired) electrons. The van der Waals surface area contributed by atoms with E-state index in [1.807, 2.05) is 0 Å². The molecule has 0 spiro atoms. The van der Waals surface area contributed by atoms with E-state index in [4.69, 9.17) is 10.7 Å². The number of benzene rings is 1. The Morgan fingerprint density at radius 3 is 2.52 bits per heavy atom. The molecule has 2 N–H and O–H groups in total. The Hall–Kier alpha value is -1.23. The molecule has 1 aromatic carbocycles. The molecule has 0 aliphatic heterocycles. The Kier molecular flexibility index (Phi) is 5.91. The summed E-state index contributed by atoms with van der Waals surface area (Å²) < 4.78 is 0. The zero-order chi connectivity index (χ0) is 15.2. The van der Waals surface area contributed by atoms with Crippen LogP contribution in [0.3, 0.4) is 0 Å². The number of rotatable bonds is 7. The van der Waals surface area contributed by atoms with Gasteiger partial charge in [0.1, 0.15) is 0 Å². The second-order valence-corrected chi connectivity index (χ2v) is 6.86. The van der Waals surface area contributed by atoms with E-state index in [2.05, 4.69) is 56.0 Å². The maximum atomic E-state index is 5.70. The molecule has 2 aromatic rings. The van der Waals surface area contributed by atoms with Crippen molar-refractivity contribution in [3.8, 4) is 0 Å².